The van der Waals surface area contributed by atoms with Gasteiger partial charge < -0.3 is 10.1 Å². The molecular weight excluding hydrogens is 338 g/mol. The van der Waals surface area contributed by atoms with Gasteiger partial charge in [-0.05, 0) is 80.5 Å². The van der Waals surface area contributed by atoms with Crippen LogP contribution in [0, 0.1) is 17.8 Å². The van der Waals surface area contributed by atoms with Crippen LogP contribution < -0.4 is 10.1 Å². The van der Waals surface area contributed by atoms with Gasteiger partial charge in [0.05, 0.1) is 4.90 Å². The number of hydrogen-bond acceptors (Lipinski definition) is 4. The predicted octanol–water partition coefficient (Wildman–Crippen LogP) is 2.55. The monoisotopic (exact) mass is 363 g/mol. The van der Waals surface area contributed by atoms with E-state index in [0.29, 0.717) is 5.75 Å². The van der Waals surface area contributed by atoms with E-state index in [1.54, 1.807) is 12.1 Å². The van der Waals surface area contributed by atoms with Crippen molar-refractivity contribution >= 4 is 15.7 Å². The zero-order chi connectivity index (χ0) is 17.7. The summed E-state index contributed by atoms with van der Waals surface area (Å²) in [6.45, 7) is -0.0278. The molecule has 6 heteroatoms. The molecular formula is C19H25NO4S. The summed E-state index contributed by atoms with van der Waals surface area (Å²) >= 11 is 0. The van der Waals surface area contributed by atoms with Crippen molar-refractivity contribution in [2.75, 3.05) is 12.9 Å². The molecule has 0 radical (unpaired) electrons. The Hall–Kier alpha value is -1.56. The topological polar surface area (TPSA) is 72.5 Å². The van der Waals surface area contributed by atoms with Crippen LogP contribution in [0.1, 0.15) is 38.5 Å². The quantitative estimate of drug-likeness (QED) is 0.873. The summed E-state index contributed by atoms with van der Waals surface area (Å²) in [6.07, 6.45) is 8.56. The number of benzene rings is 1. The SMILES string of the molecule is CS(=O)(=O)c1ccc(OCC(=O)NC23CC4CC(CC(C4)C2)C3)cc1. The lowest BCUT2D eigenvalue weighted by Crippen LogP contribution is -2.60. The minimum Gasteiger partial charge on any atom is -0.484 e. The maximum Gasteiger partial charge on any atom is 0.258 e. The molecule has 0 unspecified atom stereocenters. The summed E-state index contributed by atoms with van der Waals surface area (Å²) in [6, 6.07) is 6.19. The number of amides is 1. The first-order valence-corrected chi connectivity index (χ1v) is 10.9. The molecule has 4 aliphatic rings. The number of rotatable bonds is 5. The first-order valence-electron chi connectivity index (χ1n) is 9.05. The molecule has 4 fully saturated rings. The van der Waals surface area contributed by atoms with E-state index in [1.807, 2.05) is 0 Å². The normalized spacial score (nSPS) is 33.2. The number of sulfone groups is 1. The molecule has 1 amide bonds. The third-order valence-electron chi connectivity index (χ3n) is 6.06. The highest BCUT2D eigenvalue weighted by Crippen LogP contribution is 2.55. The fourth-order valence-corrected chi connectivity index (χ4v) is 6.16. The van der Waals surface area contributed by atoms with Crippen LogP contribution in [0.25, 0.3) is 0 Å². The van der Waals surface area contributed by atoms with Crippen molar-refractivity contribution in [3.8, 4) is 5.75 Å². The molecule has 4 bridgehead atoms. The fourth-order valence-electron chi connectivity index (χ4n) is 5.53. The first kappa shape index (κ1) is 16.9. The van der Waals surface area contributed by atoms with Gasteiger partial charge in [0.2, 0.25) is 0 Å². The predicted molar refractivity (Wildman–Crippen MR) is 94.1 cm³/mol. The summed E-state index contributed by atoms with van der Waals surface area (Å²) in [4.78, 5) is 12.6. The lowest BCUT2D eigenvalue weighted by atomic mass is 9.53. The van der Waals surface area contributed by atoms with Crippen LogP contribution in [-0.2, 0) is 14.6 Å². The molecule has 0 aliphatic heterocycles. The van der Waals surface area contributed by atoms with Gasteiger partial charge in [0, 0.05) is 11.8 Å². The summed E-state index contributed by atoms with van der Waals surface area (Å²) < 4.78 is 28.5. The molecule has 5 nitrogen and oxygen atoms in total. The van der Waals surface area contributed by atoms with Crippen molar-refractivity contribution in [2.24, 2.45) is 17.8 Å². The third kappa shape index (κ3) is 3.54. The average molecular weight is 363 g/mol. The van der Waals surface area contributed by atoms with Crippen molar-refractivity contribution < 1.29 is 17.9 Å². The minimum absolute atomic E-state index is 0.00462. The van der Waals surface area contributed by atoms with Crippen LogP contribution in [-0.4, -0.2) is 32.7 Å². The van der Waals surface area contributed by atoms with Crippen molar-refractivity contribution in [3.63, 3.8) is 0 Å². The number of hydrogen-bond donors (Lipinski definition) is 1. The molecule has 0 heterocycles. The molecule has 0 aromatic heterocycles. The molecule has 25 heavy (non-hydrogen) atoms. The number of carbonyl (C=O) groups excluding carboxylic acids is 1. The van der Waals surface area contributed by atoms with Crippen LogP contribution in [0.5, 0.6) is 5.75 Å². The summed E-state index contributed by atoms with van der Waals surface area (Å²) in [5, 5.41) is 3.27. The molecule has 4 aliphatic carbocycles. The van der Waals surface area contributed by atoms with Gasteiger partial charge in [0.1, 0.15) is 5.75 Å². The van der Waals surface area contributed by atoms with Gasteiger partial charge in [-0.2, -0.15) is 0 Å². The second kappa shape index (κ2) is 6.01. The second-order valence-corrected chi connectivity index (χ2v) is 10.3. The summed E-state index contributed by atoms with van der Waals surface area (Å²) in [7, 11) is -3.22. The molecule has 1 aromatic carbocycles. The molecule has 0 saturated heterocycles. The smallest absolute Gasteiger partial charge is 0.258 e. The van der Waals surface area contributed by atoms with E-state index in [2.05, 4.69) is 5.32 Å². The standard InChI is InChI=1S/C19H25NO4S/c1-25(22,23)17-4-2-16(3-5-17)24-12-18(21)20-19-9-13-6-14(10-19)8-15(7-13)11-19/h2-5,13-15H,6-12H2,1H3,(H,20,21). The van der Waals surface area contributed by atoms with E-state index in [1.165, 1.54) is 37.7 Å². The van der Waals surface area contributed by atoms with Crippen LogP contribution in [0.15, 0.2) is 29.2 Å². The van der Waals surface area contributed by atoms with E-state index in [0.717, 1.165) is 37.0 Å². The van der Waals surface area contributed by atoms with Crippen molar-refractivity contribution in [1.29, 1.82) is 0 Å². The lowest BCUT2D eigenvalue weighted by molar-refractivity contribution is -0.128. The zero-order valence-corrected chi connectivity index (χ0v) is 15.3. The Kier molecular flexibility index (Phi) is 4.06. The highest BCUT2D eigenvalue weighted by atomic mass is 32.2. The average Bonchev–Trinajstić information content (AvgIpc) is 2.50. The van der Waals surface area contributed by atoms with Crippen LogP contribution in [0.4, 0.5) is 0 Å². The van der Waals surface area contributed by atoms with E-state index in [9.17, 15) is 13.2 Å². The highest BCUT2D eigenvalue weighted by Gasteiger charge is 2.51. The lowest BCUT2D eigenvalue weighted by Gasteiger charge is -2.56. The molecule has 4 saturated carbocycles. The van der Waals surface area contributed by atoms with E-state index in [-0.39, 0.29) is 22.9 Å². The largest absolute Gasteiger partial charge is 0.484 e. The maximum absolute atomic E-state index is 12.4. The Balaban J connectivity index is 1.34. The molecule has 1 N–H and O–H groups in total. The zero-order valence-electron chi connectivity index (χ0n) is 14.5. The molecule has 136 valence electrons. The Bertz CT molecular complexity index is 734. The van der Waals surface area contributed by atoms with Crippen molar-refractivity contribution in [1.82, 2.24) is 5.32 Å². The molecule has 0 atom stereocenters. The summed E-state index contributed by atoms with van der Waals surface area (Å²) in [5.41, 5.74) is -0.00462. The molecule has 1 aromatic rings. The fraction of sp³-hybridized carbons (Fsp3) is 0.632. The third-order valence-corrected chi connectivity index (χ3v) is 7.19. The van der Waals surface area contributed by atoms with Gasteiger partial charge in [-0.3, -0.25) is 4.79 Å². The Morgan fingerprint density at radius 1 is 1.08 bits per heavy atom. The van der Waals surface area contributed by atoms with Gasteiger partial charge in [-0.25, -0.2) is 8.42 Å². The molecule has 0 spiro atoms. The Labute approximate surface area is 149 Å². The van der Waals surface area contributed by atoms with Gasteiger partial charge in [0.25, 0.3) is 5.91 Å². The number of carbonyl (C=O) groups is 1. The first-order chi connectivity index (χ1) is 11.8. The summed E-state index contributed by atoms with van der Waals surface area (Å²) in [5.74, 6) is 2.80. The van der Waals surface area contributed by atoms with Gasteiger partial charge >= 0.3 is 0 Å². The molecule has 5 rings (SSSR count). The minimum atomic E-state index is -3.22. The van der Waals surface area contributed by atoms with Crippen LogP contribution in [0.2, 0.25) is 0 Å². The number of nitrogens with one attached hydrogen (secondary N) is 1. The second-order valence-electron chi connectivity index (χ2n) is 8.28. The van der Waals surface area contributed by atoms with Crippen LogP contribution >= 0.6 is 0 Å². The van der Waals surface area contributed by atoms with Crippen molar-refractivity contribution in [3.05, 3.63) is 24.3 Å². The Morgan fingerprint density at radius 2 is 1.60 bits per heavy atom. The van der Waals surface area contributed by atoms with E-state index < -0.39 is 9.84 Å². The Morgan fingerprint density at radius 3 is 2.08 bits per heavy atom. The van der Waals surface area contributed by atoms with Gasteiger partial charge in [-0.1, -0.05) is 0 Å². The maximum atomic E-state index is 12.4. The van der Waals surface area contributed by atoms with Crippen LogP contribution in [0.3, 0.4) is 0 Å². The van der Waals surface area contributed by atoms with E-state index in [4.69, 9.17) is 4.74 Å². The van der Waals surface area contributed by atoms with Crippen molar-refractivity contribution in [2.45, 2.75) is 49.0 Å². The van der Waals surface area contributed by atoms with Gasteiger partial charge in [-0.15, -0.1) is 0 Å². The highest BCUT2D eigenvalue weighted by molar-refractivity contribution is 7.90. The number of ether oxygens (including phenoxy) is 1. The van der Waals surface area contributed by atoms with E-state index >= 15 is 0 Å². The van der Waals surface area contributed by atoms with Gasteiger partial charge in [0.15, 0.2) is 16.4 Å².